The topological polar surface area (TPSA) is 74.7 Å². The summed E-state index contributed by atoms with van der Waals surface area (Å²) in [6, 6.07) is 7.10. The zero-order chi connectivity index (χ0) is 10.1. The normalized spacial score (nSPS) is 10.4. The van der Waals surface area contributed by atoms with E-state index in [1.165, 1.54) is 0 Å². The van der Waals surface area contributed by atoms with Crippen molar-refractivity contribution in [2.75, 3.05) is 5.73 Å². The molecule has 0 amide bonds. The van der Waals surface area contributed by atoms with Crippen LogP contribution < -0.4 is 11.3 Å². The Morgan fingerprint density at radius 1 is 1.29 bits per heavy atom. The molecule has 0 aliphatic rings. The lowest BCUT2D eigenvalue weighted by Gasteiger charge is -1.98. The fourth-order valence-corrected chi connectivity index (χ4v) is 1.43. The summed E-state index contributed by atoms with van der Waals surface area (Å²) in [6.45, 7) is 0. The molecule has 0 saturated carbocycles. The van der Waals surface area contributed by atoms with Crippen LogP contribution in [0.25, 0.3) is 11.3 Å². The summed E-state index contributed by atoms with van der Waals surface area (Å²) in [6.07, 6.45) is 0. The van der Waals surface area contributed by atoms with Crippen LogP contribution in [0.15, 0.2) is 29.1 Å². The molecule has 0 aliphatic heterocycles. The molecule has 2 rings (SSSR count). The van der Waals surface area contributed by atoms with Gasteiger partial charge in [0.05, 0.1) is 5.69 Å². The zero-order valence-corrected chi connectivity index (χ0v) is 7.93. The second kappa shape index (κ2) is 3.23. The number of hydrogen-bond acceptors (Lipinski definition) is 2. The smallest absolute Gasteiger partial charge is 0.287 e. The van der Waals surface area contributed by atoms with Gasteiger partial charge in [-0.2, -0.15) is 0 Å². The molecule has 1 aromatic heterocycles. The fraction of sp³-hybridized carbons (Fsp3) is 0. The van der Waals surface area contributed by atoms with Crippen LogP contribution in [0, 0.1) is 0 Å². The van der Waals surface area contributed by atoms with Gasteiger partial charge in [0.25, 0.3) is 5.56 Å². The molecular formula is C9H8ClN3O. The lowest BCUT2D eigenvalue weighted by molar-refractivity contribution is 1.06. The van der Waals surface area contributed by atoms with Gasteiger partial charge in [-0.05, 0) is 12.1 Å². The highest BCUT2D eigenvalue weighted by Crippen LogP contribution is 2.23. The number of H-pyrrole nitrogens is 2. The molecule has 0 radical (unpaired) electrons. The summed E-state index contributed by atoms with van der Waals surface area (Å²) in [7, 11) is 0. The third-order valence-electron chi connectivity index (χ3n) is 1.93. The van der Waals surface area contributed by atoms with E-state index in [0.717, 1.165) is 5.56 Å². The van der Waals surface area contributed by atoms with Crippen LogP contribution in [0.3, 0.4) is 0 Å². The Morgan fingerprint density at radius 2 is 2.07 bits per heavy atom. The van der Waals surface area contributed by atoms with Crippen molar-refractivity contribution in [1.29, 1.82) is 0 Å². The molecule has 0 aliphatic carbocycles. The first-order valence-corrected chi connectivity index (χ1v) is 4.38. The van der Waals surface area contributed by atoms with Gasteiger partial charge in [0.1, 0.15) is 5.69 Å². The van der Waals surface area contributed by atoms with Gasteiger partial charge in [-0.15, -0.1) is 0 Å². The molecular weight excluding hydrogens is 202 g/mol. The van der Waals surface area contributed by atoms with E-state index in [0.29, 0.717) is 10.7 Å². The minimum atomic E-state index is -0.319. The Kier molecular flexibility index (Phi) is 2.05. The maximum atomic E-state index is 11.1. The summed E-state index contributed by atoms with van der Waals surface area (Å²) in [5, 5.41) is 5.70. The minimum absolute atomic E-state index is 0.173. The SMILES string of the molecule is Nc1c(-c2cccc(Cl)c2)[nH][nH]c1=O. The first-order chi connectivity index (χ1) is 6.68. The molecule has 4 N–H and O–H groups in total. The zero-order valence-electron chi connectivity index (χ0n) is 7.17. The number of aromatic nitrogens is 2. The van der Waals surface area contributed by atoms with Gasteiger partial charge in [0, 0.05) is 10.6 Å². The van der Waals surface area contributed by atoms with Gasteiger partial charge in [0.2, 0.25) is 0 Å². The molecule has 0 atom stereocenters. The monoisotopic (exact) mass is 209 g/mol. The number of hydrogen-bond donors (Lipinski definition) is 3. The molecule has 0 unspecified atom stereocenters. The van der Waals surface area contributed by atoms with Crippen LogP contribution in [-0.4, -0.2) is 10.2 Å². The number of halogens is 1. The van der Waals surface area contributed by atoms with E-state index in [9.17, 15) is 4.79 Å². The average Bonchev–Trinajstić information content (AvgIpc) is 2.48. The quantitative estimate of drug-likeness (QED) is 0.668. The van der Waals surface area contributed by atoms with Crippen LogP contribution in [0.1, 0.15) is 0 Å². The number of benzene rings is 1. The van der Waals surface area contributed by atoms with Gasteiger partial charge in [-0.1, -0.05) is 23.7 Å². The van der Waals surface area contributed by atoms with Crippen molar-refractivity contribution in [2.45, 2.75) is 0 Å². The second-order valence-electron chi connectivity index (χ2n) is 2.88. The lowest BCUT2D eigenvalue weighted by Crippen LogP contribution is -2.04. The molecule has 1 aromatic carbocycles. The third-order valence-corrected chi connectivity index (χ3v) is 2.16. The van der Waals surface area contributed by atoms with Crippen molar-refractivity contribution in [3.05, 3.63) is 39.6 Å². The molecule has 1 heterocycles. The summed E-state index contributed by atoms with van der Waals surface area (Å²) >= 11 is 5.81. The molecule has 5 heteroatoms. The summed E-state index contributed by atoms with van der Waals surface area (Å²) < 4.78 is 0. The van der Waals surface area contributed by atoms with Crippen molar-refractivity contribution in [3.63, 3.8) is 0 Å². The Morgan fingerprint density at radius 3 is 2.64 bits per heavy atom. The first-order valence-electron chi connectivity index (χ1n) is 4.00. The van der Waals surface area contributed by atoms with E-state index in [4.69, 9.17) is 17.3 Å². The minimum Gasteiger partial charge on any atom is -0.392 e. The third kappa shape index (κ3) is 1.40. The van der Waals surface area contributed by atoms with Crippen LogP contribution in [-0.2, 0) is 0 Å². The van der Waals surface area contributed by atoms with E-state index < -0.39 is 0 Å². The number of nitrogens with one attached hydrogen (secondary N) is 2. The van der Waals surface area contributed by atoms with Gasteiger partial charge < -0.3 is 5.73 Å². The molecule has 2 aromatic rings. The Balaban J connectivity index is 2.60. The number of anilines is 1. The van der Waals surface area contributed by atoms with Gasteiger partial charge in [-0.25, -0.2) is 0 Å². The predicted octanol–water partition coefficient (Wildman–Crippen LogP) is 1.61. The second-order valence-corrected chi connectivity index (χ2v) is 3.31. The van der Waals surface area contributed by atoms with Crippen LogP contribution in [0.5, 0.6) is 0 Å². The highest BCUT2D eigenvalue weighted by Gasteiger charge is 2.07. The summed E-state index contributed by atoms with van der Waals surface area (Å²) in [5.41, 5.74) is 6.77. The fourth-order valence-electron chi connectivity index (χ4n) is 1.24. The van der Waals surface area contributed by atoms with Crippen molar-refractivity contribution in [3.8, 4) is 11.3 Å². The first kappa shape index (κ1) is 8.90. The molecule has 14 heavy (non-hydrogen) atoms. The largest absolute Gasteiger partial charge is 0.392 e. The van der Waals surface area contributed by atoms with Gasteiger partial charge >= 0.3 is 0 Å². The number of nitrogen functional groups attached to an aromatic ring is 1. The standard InChI is InChI=1S/C9H8ClN3O/c10-6-3-1-2-5(4-6)8-7(11)9(14)13-12-8/h1-4H,11H2,(H2,12,13,14). The number of nitrogens with two attached hydrogens (primary N) is 1. The van der Waals surface area contributed by atoms with E-state index in [-0.39, 0.29) is 11.2 Å². The molecule has 0 spiro atoms. The molecule has 0 fully saturated rings. The average molecular weight is 210 g/mol. The molecule has 72 valence electrons. The molecule has 0 bridgehead atoms. The number of rotatable bonds is 1. The van der Waals surface area contributed by atoms with Crippen molar-refractivity contribution < 1.29 is 0 Å². The van der Waals surface area contributed by atoms with E-state index in [1.54, 1.807) is 18.2 Å². The van der Waals surface area contributed by atoms with Crippen LogP contribution in [0.2, 0.25) is 5.02 Å². The predicted molar refractivity (Wildman–Crippen MR) is 56.3 cm³/mol. The van der Waals surface area contributed by atoms with Crippen LogP contribution in [0.4, 0.5) is 5.69 Å². The van der Waals surface area contributed by atoms with Crippen molar-refractivity contribution in [1.82, 2.24) is 10.2 Å². The molecule has 4 nitrogen and oxygen atoms in total. The summed E-state index contributed by atoms with van der Waals surface area (Å²) in [5.74, 6) is 0. The van der Waals surface area contributed by atoms with Gasteiger partial charge in [0.15, 0.2) is 0 Å². The van der Waals surface area contributed by atoms with E-state index in [2.05, 4.69) is 10.2 Å². The molecule has 0 saturated heterocycles. The van der Waals surface area contributed by atoms with E-state index in [1.807, 2.05) is 6.07 Å². The highest BCUT2D eigenvalue weighted by atomic mass is 35.5. The lowest BCUT2D eigenvalue weighted by atomic mass is 10.1. The van der Waals surface area contributed by atoms with Crippen molar-refractivity contribution >= 4 is 17.3 Å². The maximum absolute atomic E-state index is 11.1. The van der Waals surface area contributed by atoms with Crippen molar-refractivity contribution in [2.24, 2.45) is 0 Å². The van der Waals surface area contributed by atoms with Crippen LogP contribution >= 0.6 is 11.6 Å². The van der Waals surface area contributed by atoms with Gasteiger partial charge in [-0.3, -0.25) is 15.0 Å². The Hall–Kier alpha value is -1.68. The highest BCUT2D eigenvalue weighted by molar-refractivity contribution is 6.30. The summed E-state index contributed by atoms with van der Waals surface area (Å²) in [4.78, 5) is 11.1. The van der Waals surface area contributed by atoms with E-state index >= 15 is 0 Å². The number of aromatic amines is 2. The Labute approximate surface area is 84.7 Å². The maximum Gasteiger partial charge on any atom is 0.287 e. The Bertz CT molecular complexity index is 515.